The quantitative estimate of drug-likeness (QED) is 0.942. The molecule has 0 saturated carbocycles. The van der Waals surface area contributed by atoms with E-state index in [2.05, 4.69) is 53.9 Å². The minimum absolute atomic E-state index is 0.113. The summed E-state index contributed by atoms with van der Waals surface area (Å²) in [5.41, 5.74) is 1.13. The molecule has 6 heteroatoms. The Morgan fingerprint density at radius 1 is 1.48 bits per heavy atom. The van der Waals surface area contributed by atoms with Crippen LogP contribution in [0.5, 0.6) is 0 Å². The number of nitrogens with one attached hydrogen (secondary N) is 1. The summed E-state index contributed by atoms with van der Waals surface area (Å²) in [7, 11) is 0. The van der Waals surface area contributed by atoms with Crippen LogP contribution in [0.25, 0.3) is 4.96 Å². The molecule has 0 unspecified atom stereocenters. The van der Waals surface area contributed by atoms with Gasteiger partial charge >= 0.3 is 0 Å². The summed E-state index contributed by atoms with van der Waals surface area (Å²) >= 11 is 1.69. The van der Waals surface area contributed by atoms with Gasteiger partial charge in [0.15, 0.2) is 10.8 Å². The van der Waals surface area contributed by atoms with Crippen molar-refractivity contribution in [1.82, 2.24) is 14.7 Å². The number of rotatable bonds is 4. The van der Waals surface area contributed by atoms with Gasteiger partial charge in [0.1, 0.15) is 0 Å². The zero-order chi connectivity index (χ0) is 15.0. The Balaban J connectivity index is 1.93. The van der Waals surface area contributed by atoms with Gasteiger partial charge in [0, 0.05) is 37.3 Å². The van der Waals surface area contributed by atoms with Crippen molar-refractivity contribution in [2.45, 2.75) is 45.9 Å². The predicted octanol–water partition coefficient (Wildman–Crippen LogP) is 2.51. The summed E-state index contributed by atoms with van der Waals surface area (Å²) < 4.78 is 8.03. The number of hydrogen-bond donors (Lipinski definition) is 1. The van der Waals surface area contributed by atoms with Gasteiger partial charge in [-0.25, -0.2) is 4.98 Å². The van der Waals surface area contributed by atoms with Gasteiger partial charge in [-0.15, -0.1) is 11.3 Å². The van der Waals surface area contributed by atoms with E-state index in [9.17, 15) is 0 Å². The summed E-state index contributed by atoms with van der Waals surface area (Å²) in [4.78, 5) is 8.28. The van der Waals surface area contributed by atoms with Gasteiger partial charge in [-0.05, 0) is 13.8 Å². The van der Waals surface area contributed by atoms with E-state index in [0.29, 0.717) is 6.04 Å². The minimum Gasteiger partial charge on any atom is -0.372 e. The Kier molecular flexibility index (Phi) is 3.94. The first kappa shape index (κ1) is 14.8. The Morgan fingerprint density at radius 2 is 2.29 bits per heavy atom. The molecular formula is C15H24N4OS. The van der Waals surface area contributed by atoms with E-state index in [4.69, 9.17) is 9.72 Å². The summed E-state index contributed by atoms with van der Waals surface area (Å²) in [5, 5.41) is 5.61. The topological polar surface area (TPSA) is 41.8 Å². The van der Waals surface area contributed by atoms with Gasteiger partial charge in [0.2, 0.25) is 0 Å². The third-order valence-corrected chi connectivity index (χ3v) is 4.50. The average molecular weight is 308 g/mol. The van der Waals surface area contributed by atoms with E-state index in [1.54, 1.807) is 11.3 Å². The van der Waals surface area contributed by atoms with Crippen LogP contribution < -0.4 is 10.2 Å². The molecule has 0 bridgehead atoms. The number of morpholine rings is 1. The van der Waals surface area contributed by atoms with Gasteiger partial charge in [0.05, 0.1) is 17.9 Å². The lowest BCUT2D eigenvalue weighted by molar-refractivity contribution is -0.0279. The van der Waals surface area contributed by atoms with E-state index >= 15 is 0 Å². The highest BCUT2D eigenvalue weighted by Crippen LogP contribution is 2.28. The van der Waals surface area contributed by atoms with Crippen LogP contribution in [-0.4, -0.2) is 40.7 Å². The summed E-state index contributed by atoms with van der Waals surface area (Å²) in [6.07, 6.45) is 2.11. The van der Waals surface area contributed by atoms with E-state index in [0.717, 1.165) is 37.0 Å². The third kappa shape index (κ3) is 3.07. The van der Waals surface area contributed by atoms with Gasteiger partial charge in [-0.3, -0.25) is 4.40 Å². The lowest BCUT2D eigenvalue weighted by atomic mass is 10.1. The maximum Gasteiger partial charge on any atom is 0.195 e. The summed E-state index contributed by atoms with van der Waals surface area (Å²) in [6, 6.07) is 0.461. The normalized spacial score (nSPS) is 18.8. The molecular weight excluding hydrogens is 284 g/mol. The average Bonchev–Trinajstić information content (AvgIpc) is 2.95. The second-order valence-corrected chi connectivity index (χ2v) is 7.38. The molecule has 5 nitrogen and oxygen atoms in total. The second kappa shape index (κ2) is 5.59. The van der Waals surface area contributed by atoms with Crippen LogP contribution in [0.4, 0.5) is 5.82 Å². The van der Waals surface area contributed by atoms with Gasteiger partial charge in [-0.2, -0.15) is 0 Å². The van der Waals surface area contributed by atoms with Crippen LogP contribution in [0.3, 0.4) is 0 Å². The van der Waals surface area contributed by atoms with E-state index in [1.807, 2.05) is 0 Å². The van der Waals surface area contributed by atoms with Crippen LogP contribution in [0.1, 0.15) is 33.4 Å². The van der Waals surface area contributed by atoms with E-state index < -0.39 is 0 Å². The van der Waals surface area contributed by atoms with Crippen molar-refractivity contribution in [3.8, 4) is 0 Å². The molecule has 1 aliphatic rings. The highest BCUT2D eigenvalue weighted by Gasteiger charge is 2.30. The molecule has 1 N–H and O–H groups in total. The largest absolute Gasteiger partial charge is 0.372 e. The van der Waals surface area contributed by atoms with E-state index in [1.165, 1.54) is 5.69 Å². The number of fused-ring (bicyclic) bond motifs is 1. The maximum absolute atomic E-state index is 5.82. The van der Waals surface area contributed by atoms with Crippen molar-refractivity contribution in [3.63, 3.8) is 0 Å². The fourth-order valence-electron chi connectivity index (χ4n) is 2.74. The second-order valence-electron chi connectivity index (χ2n) is 6.50. The molecule has 1 saturated heterocycles. The number of thiazole rings is 1. The number of nitrogens with zero attached hydrogens (tertiary/aromatic N) is 3. The number of aromatic nitrogens is 2. The molecule has 1 aliphatic heterocycles. The number of anilines is 1. The molecule has 0 radical (unpaired) electrons. The highest BCUT2D eigenvalue weighted by molar-refractivity contribution is 7.15. The third-order valence-electron chi connectivity index (χ3n) is 3.74. The smallest absolute Gasteiger partial charge is 0.195 e. The molecule has 116 valence electrons. The van der Waals surface area contributed by atoms with Crippen LogP contribution in [0.15, 0.2) is 11.6 Å². The van der Waals surface area contributed by atoms with Crippen molar-refractivity contribution in [2.24, 2.45) is 0 Å². The maximum atomic E-state index is 5.82. The molecule has 0 spiro atoms. The standard InChI is InChI=1S/C15H24N4OS/c1-11(2)16-9-12-13(17-14-19(12)6-8-21-14)18-5-7-20-15(3,4)10-18/h6,8,11,16H,5,7,9-10H2,1-4H3. The van der Waals surface area contributed by atoms with Crippen molar-refractivity contribution in [1.29, 1.82) is 0 Å². The molecule has 0 atom stereocenters. The van der Waals surface area contributed by atoms with Crippen molar-refractivity contribution >= 4 is 22.1 Å². The summed E-state index contributed by atoms with van der Waals surface area (Å²) in [5.74, 6) is 1.10. The fraction of sp³-hybridized carbons (Fsp3) is 0.667. The molecule has 1 fully saturated rings. The zero-order valence-corrected chi connectivity index (χ0v) is 14.0. The fourth-order valence-corrected chi connectivity index (χ4v) is 3.46. The summed E-state index contributed by atoms with van der Waals surface area (Å²) in [6.45, 7) is 12.0. The lowest BCUT2D eigenvalue weighted by Gasteiger charge is -2.38. The Bertz CT molecular complexity index is 616. The molecule has 21 heavy (non-hydrogen) atoms. The Labute approximate surface area is 129 Å². The lowest BCUT2D eigenvalue weighted by Crippen LogP contribution is -2.49. The first-order valence-corrected chi connectivity index (χ1v) is 8.41. The van der Waals surface area contributed by atoms with Crippen molar-refractivity contribution in [3.05, 3.63) is 17.3 Å². The number of imidazole rings is 1. The SMILES string of the molecule is CC(C)NCc1c(N2CCOC(C)(C)C2)nc2sccn12. The Hall–Kier alpha value is -1.11. The molecule has 0 aromatic carbocycles. The molecule has 0 amide bonds. The van der Waals surface area contributed by atoms with E-state index in [-0.39, 0.29) is 5.60 Å². The number of hydrogen-bond acceptors (Lipinski definition) is 5. The molecule has 0 aliphatic carbocycles. The first-order valence-electron chi connectivity index (χ1n) is 7.53. The van der Waals surface area contributed by atoms with Gasteiger partial charge in [0.25, 0.3) is 0 Å². The first-order chi connectivity index (χ1) is 9.96. The number of ether oxygens (including phenoxy) is 1. The van der Waals surface area contributed by atoms with Crippen LogP contribution >= 0.6 is 11.3 Å². The molecule has 3 heterocycles. The van der Waals surface area contributed by atoms with Crippen LogP contribution in [0, 0.1) is 0 Å². The predicted molar refractivity (Wildman–Crippen MR) is 87.3 cm³/mol. The minimum atomic E-state index is -0.113. The van der Waals surface area contributed by atoms with Crippen molar-refractivity contribution in [2.75, 3.05) is 24.6 Å². The molecule has 2 aromatic rings. The monoisotopic (exact) mass is 308 g/mol. The zero-order valence-electron chi connectivity index (χ0n) is 13.2. The van der Waals surface area contributed by atoms with Crippen molar-refractivity contribution < 1.29 is 4.74 Å². The Morgan fingerprint density at radius 3 is 3.00 bits per heavy atom. The van der Waals surface area contributed by atoms with Gasteiger partial charge in [-0.1, -0.05) is 13.8 Å². The van der Waals surface area contributed by atoms with Crippen LogP contribution in [-0.2, 0) is 11.3 Å². The molecule has 3 rings (SSSR count). The molecule has 2 aromatic heterocycles. The van der Waals surface area contributed by atoms with Gasteiger partial charge < -0.3 is 15.0 Å². The van der Waals surface area contributed by atoms with Crippen LogP contribution in [0.2, 0.25) is 0 Å². The highest BCUT2D eigenvalue weighted by atomic mass is 32.1.